The molecule has 5 aromatic heterocycles. The van der Waals surface area contributed by atoms with Crippen LogP contribution in [0.3, 0.4) is 0 Å². The Kier molecular flexibility index (Phi) is 12.2. The molecule has 0 unspecified atom stereocenters. The van der Waals surface area contributed by atoms with Crippen LogP contribution in [-0.4, -0.2) is 18.5 Å². The molecule has 0 spiro atoms. The second-order valence-electron chi connectivity index (χ2n) is 28.4. The molecular weight excluding hydrogens is 1030 g/mol. The Bertz CT molecular complexity index is 4850. The maximum atomic E-state index is 15.1. The van der Waals surface area contributed by atoms with Gasteiger partial charge in [0.25, 0.3) is 6.33 Å². The van der Waals surface area contributed by atoms with Gasteiger partial charge in [0.05, 0.1) is 50.0 Å². The van der Waals surface area contributed by atoms with Crippen molar-refractivity contribution < 1.29 is 9.30 Å². The maximum absolute atomic E-state index is 15.1. The van der Waals surface area contributed by atoms with E-state index in [1.165, 1.54) is 11.1 Å². The third-order valence-electron chi connectivity index (χ3n) is 17.2. The number of imidazole rings is 1. The summed E-state index contributed by atoms with van der Waals surface area (Å²) in [5.41, 5.74) is 14.9. The standard InChI is InChI=1S/C76H73N5O3/c1-72(2,3)47-24-29-63-58(39-47)70(82)60-34-46(35-61-69(60)81(63)64-30-25-48(73(4,5)6)40-59(64)71(61)83)45-23-28-62-57(33-45)56-27-26-55(43-67(56)80(62)68-41-49(31-32-77-68)74(7,8)9)84-54-20-18-19-52(42-54)78-44-79(66-22-17-16-21-65(66)78)53-37-50(75(10,11)12)36-51(38-53)76(13,14)15/h16-43H,1-15H3. The second kappa shape index (κ2) is 18.8. The number of fused-ring (bicyclic) bond motifs is 8. The molecule has 13 rings (SSSR count). The molecule has 0 saturated carbocycles. The van der Waals surface area contributed by atoms with E-state index in [1.807, 2.05) is 36.5 Å². The van der Waals surface area contributed by atoms with E-state index in [-0.39, 0.29) is 37.9 Å². The SMILES string of the molecule is CC(C)(C)c1cc(-[n+]2[c-]n(-c3cccc(Oc4ccc5c6cc(-c7cc8c(=O)c9cc(C(C)(C)C)ccc9n9c%10ccc(C(C)(C)C)cc%10c(=O)c(c7)c89)ccc6n(-c6cc(C(C)(C)C)ccn6)c5c4)c3)c3ccccc32)cc(C(C)(C)C)c1. The van der Waals surface area contributed by atoms with Crippen molar-refractivity contribution in [1.82, 2.24) is 18.5 Å². The van der Waals surface area contributed by atoms with Crippen LogP contribution in [0, 0.1) is 6.33 Å². The van der Waals surface area contributed by atoms with Crippen molar-refractivity contribution in [2.45, 2.75) is 131 Å². The van der Waals surface area contributed by atoms with E-state index in [0.29, 0.717) is 38.6 Å². The number of aromatic nitrogens is 5. The van der Waals surface area contributed by atoms with Crippen LogP contribution in [0.25, 0.3) is 99.3 Å². The lowest BCUT2D eigenvalue weighted by Crippen LogP contribution is -2.31. The predicted molar refractivity (Wildman–Crippen MR) is 348 cm³/mol. The Morgan fingerprint density at radius 1 is 0.417 bits per heavy atom. The molecule has 8 aromatic carbocycles. The van der Waals surface area contributed by atoms with Gasteiger partial charge in [-0.05, 0) is 169 Å². The smallest absolute Gasteiger partial charge is 0.269 e. The highest BCUT2D eigenvalue weighted by atomic mass is 16.5. The Morgan fingerprint density at radius 3 is 1.58 bits per heavy atom. The van der Waals surface area contributed by atoms with Crippen molar-refractivity contribution in [2.75, 3.05) is 0 Å². The highest BCUT2D eigenvalue weighted by Crippen LogP contribution is 2.41. The van der Waals surface area contributed by atoms with E-state index >= 15 is 9.59 Å². The number of ether oxygens (including phenoxy) is 1. The molecular formula is C76H73N5O3. The molecule has 84 heavy (non-hydrogen) atoms. The summed E-state index contributed by atoms with van der Waals surface area (Å²) in [7, 11) is 0. The molecule has 0 aliphatic rings. The van der Waals surface area contributed by atoms with Crippen LogP contribution in [-0.2, 0) is 27.1 Å². The number of hydrogen-bond acceptors (Lipinski definition) is 4. The van der Waals surface area contributed by atoms with Crippen molar-refractivity contribution in [1.29, 1.82) is 0 Å². The van der Waals surface area contributed by atoms with Crippen molar-refractivity contribution in [3.8, 4) is 39.8 Å². The van der Waals surface area contributed by atoms with Gasteiger partial charge in [-0.2, -0.15) is 0 Å². The lowest BCUT2D eigenvalue weighted by atomic mass is 9.80. The van der Waals surface area contributed by atoms with Gasteiger partial charge < -0.3 is 9.14 Å². The number of nitrogens with zero attached hydrogens (tertiary/aromatic N) is 5. The molecule has 5 heterocycles. The lowest BCUT2D eigenvalue weighted by Gasteiger charge is -2.26. The molecule has 0 atom stereocenters. The molecule has 0 N–H and O–H groups in total. The average molecular weight is 1100 g/mol. The maximum Gasteiger partial charge on any atom is 0.269 e. The van der Waals surface area contributed by atoms with Gasteiger partial charge in [0.2, 0.25) is 0 Å². The summed E-state index contributed by atoms with van der Waals surface area (Å²) in [6, 6.07) is 57.1. The summed E-state index contributed by atoms with van der Waals surface area (Å²) < 4.78 is 15.6. The Labute approximate surface area is 491 Å². The third-order valence-corrected chi connectivity index (χ3v) is 17.2. The van der Waals surface area contributed by atoms with Crippen molar-refractivity contribution in [3.63, 3.8) is 0 Å². The average Bonchev–Trinajstić information content (AvgIpc) is 0.965. The van der Waals surface area contributed by atoms with Gasteiger partial charge in [-0.3, -0.25) is 23.3 Å². The highest BCUT2D eigenvalue weighted by molar-refractivity contribution is 6.13. The van der Waals surface area contributed by atoms with Gasteiger partial charge in [0.1, 0.15) is 17.3 Å². The van der Waals surface area contributed by atoms with Crippen molar-refractivity contribution in [2.24, 2.45) is 0 Å². The Morgan fingerprint density at radius 2 is 0.976 bits per heavy atom. The number of pyridine rings is 3. The number of para-hydroxylation sites is 2. The first kappa shape index (κ1) is 54.4. The molecule has 8 nitrogen and oxygen atoms in total. The van der Waals surface area contributed by atoms with Gasteiger partial charge in [-0.25, -0.2) is 4.98 Å². The fraction of sp³-hybridized carbons (Fsp3) is 0.263. The molecule has 0 aliphatic heterocycles. The van der Waals surface area contributed by atoms with E-state index in [2.05, 4.69) is 262 Å². The summed E-state index contributed by atoms with van der Waals surface area (Å²) in [6.45, 7) is 33.3. The first-order chi connectivity index (χ1) is 39.6. The minimum Gasteiger partial charge on any atom is -0.458 e. The molecule has 0 radical (unpaired) electrons. The molecule has 13 aromatic rings. The van der Waals surface area contributed by atoms with Crippen LogP contribution >= 0.6 is 0 Å². The second-order valence-corrected chi connectivity index (χ2v) is 28.4. The summed E-state index contributed by atoms with van der Waals surface area (Å²) >= 11 is 0. The van der Waals surface area contributed by atoms with Crippen LogP contribution in [0.5, 0.6) is 11.5 Å². The van der Waals surface area contributed by atoms with Crippen LogP contribution in [0.4, 0.5) is 0 Å². The lowest BCUT2D eigenvalue weighted by molar-refractivity contribution is -0.572. The molecule has 8 heteroatoms. The predicted octanol–water partition coefficient (Wildman–Crippen LogP) is 18.0. The molecule has 0 bridgehead atoms. The number of benzene rings is 8. The zero-order chi connectivity index (χ0) is 59.3. The fourth-order valence-electron chi connectivity index (χ4n) is 12.2. The monoisotopic (exact) mass is 1100 g/mol. The number of hydrogen-bond donors (Lipinski definition) is 0. The summed E-state index contributed by atoms with van der Waals surface area (Å²) in [4.78, 5) is 35.3. The van der Waals surface area contributed by atoms with Crippen LogP contribution in [0.1, 0.15) is 132 Å². The Hall–Kier alpha value is -8.88. The summed E-state index contributed by atoms with van der Waals surface area (Å²) in [5, 5.41) is 4.28. The fourth-order valence-corrected chi connectivity index (χ4v) is 12.2. The van der Waals surface area contributed by atoms with Gasteiger partial charge in [-0.15, -0.1) is 0 Å². The zero-order valence-corrected chi connectivity index (χ0v) is 51.1. The first-order valence-corrected chi connectivity index (χ1v) is 29.4. The Balaban J connectivity index is 0.965. The van der Waals surface area contributed by atoms with Crippen LogP contribution in [0.15, 0.2) is 180 Å². The van der Waals surface area contributed by atoms with Crippen LogP contribution < -0.4 is 20.2 Å². The van der Waals surface area contributed by atoms with Crippen LogP contribution in [0.2, 0.25) is 0 Å². The van der Waals surface area contributed by atoms with Crippen molar-refractivity contribution >= 4 is 70.9 Å². The van der Waals surface area contributed by atoms with E-state index in [1.54, 1.807) is 0 Å². The van der Waals surface area contributed by atoms with Crippen molar-refractivity contribution in [3.05, 3.63) is 225 Å². The van der Waals surface area contributed by atoms with Gasteiger partial charge in [-0.1, -0.05) is 158 Å². The highest BCUT2D eigenvalue weighted by Gasteiger charge is 2.27. The van der Waals surface area contributed by atoms with Gasteiger partial charge in [0, 0.05) is 44.6 Å². The molecule has 0 saturated heterocycles. The summed E-state index contributed by atoms with van der Waals surface area (Å²) in [5.74, 6) is 2.14. The number of rotatable bonds is 6. The minimum atomic E-state index is -0.185. The van der Waals surface area contributed by atoms with E-state index in [4.69, 9.17) is 9.72 Å². The first-order valence-electron chi connectivity index (χ1n) is 29.4. The van der Waals surface area contributed by atoms with E-state index in [0.717, 1.165) is 88.9 Å². The topological polar surface area (TPSA) is 74.4 Å². The molecule has 0 amide bonds. The zero-order valence-electron chi connectivity index (χ0n) is 51.1. The third kappa shape index (κ3) is 9.13. The molecule has 0 aliphatic carbocycles. The van der Waals surface area contributed by atoms with Gasteiger partial charge >= 0.3 is 0 Å². The molecule has 420 valence electrons. The minimum absolute atomic E-state index is 0.0443. The quantitative estimate of drug-likeness (QED) is 0.0720. The van der Waals surface area contributed by atoms with E-state index < -0.39 is 0 Å². The van der Waals surface area contributed by atoms with E-state index in [9.17, 15) is 0 Å². The van der Waals surface area contributed by atoms with Gasteiger partial charge in [0.15, 0.2) is 10.9 Å². The largest absolute Gasteiger partial charge is 0.458 e. The normalized spacial score (nSPS) is 13.0. The molecule has 0 fully saturated rings. The summed E-state index contributed by atoms with van der Waals surface area (Å²) in [6.07, 6.45) is 5.65.